The summed E-state index contributed by atoms with van der Waals surface area (Å²) in [6, 6.07) is 8.05. The van der Waals surface area contributed by atoms with Crippen LogP contribution in [0.5, 0.6) is 0 Å². The first-order chi connectivity index (χ1) is 13.9. The largest absolute Gasteiger partial charge is 0.465 e. The number of ether oxygens (including phenoxy) is 2. The van der Waals surface area contributed by atoms with Crippen LogP contribution in [0.2, 0.25) is 0 Å². The molecule has 0 unspecified atom stereocenters. The summed E-state index contributed by atoms with van der Waals surface area (Å²) >= 11 is 0. The molecule has 1 aromatic carbocycles. The molecule has 1 aromatic rings. The number of nitrogens with one attached hydrogen (secondary N) is 1. The molecule has 0 aliphatic carbocycles. The molecule has 8 nitrogen and oxygen atoms in total. The Bertz CT molecular complexity index is 811. The molecule has 2 saturated heterocycles. The zero-order valence-corrected chi connectivity index (χ0v) is 16.8. The number of carbonyl (C=O) groups is 4. The second-order valence-electron chi connectivity index (χ2n) is 7.15. The van der Waals surface area contributed by atoms with Gasteiger partial charge in [0.2, 0.25) is 11.8 Å². The second-order valence-corrected chi connectivity index (χ2v) is 7.15. The predicted molar refractivity (Wildman–Crippen MR) is 102 cm³/mol. The zero-order chi connectivity index (χ0) is 21.2. The van der Waals surface area contributed by atoms with E-state index < -0.39 is 47.2 Å². The smallest absolute Gasteiger partial charge is 0.327 e. The van der Waals surface area contributed by atoms with E-state index in [-0.39, 0.29) is 26.2 Å². The van der Waals surface area contributed by atoms with E-state index in [1.54, 1.807) is 20.8 Å². The molecule has 8 heteroatoms. The molecule has 3 rings (SSSR count). The lowest BCUT2D eigenvalue weighted by atomic mass is 9.76. The molecule has 2 amide bonds. The van der Waals surface area contributed by atoms with Crippen molar-refractivity contribution in [2.45, 2.75) is 38.8 Å². The normalized spacial score (nSPS) is 28.4. The number of nitrogens with zero attached hydrogens (tertiary/aromatic N) is 1. The van der Waals surface area contributed by atoms with E-state index in [4.69, 9.17) is 9.47 Å². The molecule has 1 N–H and O–H groups in total. The fraction of sp³-hybridized carbons (Fsp3) is 0.524. The maximum Gasteiger partial charge on any atom is 0.327 e. The van der Waals surface area contributed by atoms with Gasteiger partial charge < -0.3 is 9.47 Å². The molecule has 0 bridgehead atoms. The standard InChI is InChI=1S/C21H26N2O6/c1-4-23-17(24)14-15(18(23)25)21(20(27)29-6-3,12-13-10-8-7-9-11-13)22-16(14)19(26)28-5-2/h7-11,14-16,22H,4-6,12H2,1-3H3/t14-,15-,16+,21-/m0/s1. The molecule has 29 heavy (non-hydrogen) atoms. The van der Waals surface area contributed by atoms with Crippen molar-refractivity contribution in [1.82, 2.24) is 10.2 Å². The van der Waals surface area contributed by atoms with Crippen LogP contribution in [0.15, 0.2) is 30.3 Å². The molecule has 0 saturated carbocycles. The van der Waals surface area contributed by atoms with E-state index in [1.165, 1.54) is 0 Å². The maximum atomic E-state index is 13.2. The minimum Gasteiger partial charge on any atom is -0.465 e. The molecular weight excluding hydrogens is 376 g/mol. The molecule has 156 valence electrons. The number of benzene rings is 1. The third-order valence-corrected chi connectivity index (χ3v) is 5.57. The summed E-state index contributed by atoms with van der Waals surface area (Å²) in [5, 5.41) is 3.01. The van der Waals surface area contributed by atoms with Crippen molar-refractivity contribution < 1.29 is 28.7 Å². The average Bonchev–Trinajstić information content (AvgIpc) is 3.17. The predicted octanol–water partition coefficient (Wildman–Crippen LogP) is 0.687. The molecule has 0 spiro atoms. The highest BCUT2D eigenvalue weighted by Gasteiger charge is 2.70. The van der Waals surface area contributed by atoms with Gasteiger partial charge in [-0.3, -0.25) is 29.4 Å². The number of likely N-dealkylation sites (tertiary alicyclic amines) is 1. The molecule has 2 aliphatic heterocycles. The fourth-order valence-electron chi connectivity index (χ4n) is 4.41. The first kappa shape index (κ1) is 21.0. The Hall–Kier alpha value is -2.74. The number of amides is 2. The Morgan fingerprint density at radius 2 is 1.69 bits per heavy atom. The van der Waals surface area contributed by atoms with E-state index >= 15 is 0 Å². The number of esters is 2. The van der Waals surface area contributed by atoms with Gasteiger partial charge >= 0.3 is 11.9 Å². The zero-order valence-electron chi connectivity index (χ0n) is 16.8. The highest BCUT2D eigenvalue weighted by Crippen LogP contribution is 2.45. The van der Waals surface area contributed by atoms with Gasteiger partial charge in [-0.05, 0) is 26.3 Å². The van der Waals surface area contributed by atoms with Crippen molar-refractivity contribution in [1.29, 1.82) is 0 Å². The Labute approximate surface area is 169 Å². The molecule has 0 aromatic heterocycles. The topological polar surface area (TPSA) is 102 Å². The van der Waals surface area contributed by atoms with Crippen LogP contribution in [-0.4, -0.2) is 60.0 Å². The number of rotatable bonds is 7. The first-order valence-electron chi connectivity index (χ1n) is 9.91. The molecule has 2 heterocycles. The number of carbonyl (C=O) groups excluding carboxylic acids is 4. The van der Waals surface area contributed by atoms with E-state index in [2.05, 4.69) is 5.32 Å². The lowest BCUT2D eigenvalue weighted by Crippen LogP contribution is -2.59. The molecule has 0 radical (unpaired) electrons. The Balaban J connectivity index is 2.12. The summed E-state index contributed by atoms with van der Waals surface area (Å²) in [6.45, 7) is 5.42. The van der Waals surface area contributed by atoms with E-state index in [0.717, 1.165) is 10.5 Å². The second kappa shape index (κ2) is 8.32. The van der Waals surface area contributed by atoms with E-state index in [1.807, 2.05) is 30.3 Å². The Morgan fingerprint density at radius 3 is 2.28 bits per heavy atom. The molecule has 2 aliphatic rings. The summed E-state index contributed by atoms with van der Waals surface area (Å²) in [5.74, 6) is -4.28. The minimum absolute atomic E-state index is 0.109. The Morgan fingerprint density at radius 1 is 1.03 bits per heavy atom. The van der Waals surface area contributed by atoms with Crippen molar-refractivity contribution in [3.8, 4) is 0 Å². The van der Waals surface area contributed by atoms with Crippen molar-refractivity contribution in [3.05, 3.63) is 35.9 Å². The maximum absolute atomic E-state index is 13.2. The van der Waals surface area contributed by atoms with Gasteiger partial charge in [-0.25, -0.2) is 0 Å². The number of imide groups is 1. The molecule has 4 atom stereocenters. The van der Waals surface area contributed by atoms with Gasteiger partial charge in [0.25, 0.3) is 0 Å². The highest BCUT2D eigenvalue weighted by atomic mass is 16.5. The number of hydrogen-bond acceptors (Lipinski definition) is 7. The average molecular weight is 402 g/mol. The van der Waals surface area contributed by atoms with Gasteiger partial charge in [0, 0.05) is 13.0 Å². The lowest BCUT2D eigenvalue weighted by molar-refractivity contribution is -0.157. The van der Waals surface area contributed by atoms with Gasteiger partial charge in [0.1, 0.15) is 11.6 Å². The van der Waals surface area contributed by atoms with Crippen LogP contribution in [0.3, 0.4) is 0 Å². The van der Waals surface area contributed by atoms with Crippen LogP contribution < -0.4 is 5.32 Å². The van der Waals surface area contributed by atoms with Gasteiger partial charge in [0.15, 0.2) is 0 Å². The van der Waals surface area contributed by atoms with Gasteiger partial charge in [-0.1, -0.05) is 30.3 Å². The number of fused-ring (bicyclic) bond motifs is 1. The van der Waals surface area contributed by atoms with Crippen LogP contribution in [0.1, 0.15) is 26.3 Å². The van der Waals surface area contributed by atoms with E-state index in [0.29, 0.717) is 0 Å². The van der Waals surface area contributed by atoms with Crippen molar-refractivity contribution in [3.63, 3.8) is 0 Å². The monoisotopic (exact) mass is 402 g/mol. The van der Waals surface area contributed by atoms with E-state index in [9.17, 15) is 19.2 Å². The highest BCUT2D eigenvalue weighted by molar-refractivity contribution is 6.11. The third-order valence-electron chi connectivity index (χ3n) is 5.57. The summed E-state index contributed by atoms with van der Waals surface area (Å²) in [6.07, 6.45) is 0.111. The number of hydrogen-bond donors (Lipinski definition) is 1. The summed E-state index contributed by atoms with van der Waals surface area (Å²) in [7, 11) is 0. The van der Waals surface area contributed by atoms with Gasteiger partial charge in [0.05, 0.1) is 25.0 Å². The van der Waals surface area contributed by atoms with Crippen LogP contribution >= 0.6 is 0 Å². The third kappa shape index (κ3) is 3.42. The Kier molecular flexibility index (Phi) is 6.02. The van der Waals surface area contributed by atoms with Crippen molar-refractivity contribution >= 4 is 23.8 Å². The lowest BCUT2D eigenvalue weighted by Gasteiger charge is -2.32. The SMILES string of the molecule is CCOC(=O)[C@@H]1N[C@](Cc2ccccc2)(C(=O)OCC)[C@@H]2C(=O)N(CC)C(=O)[C@@H]21. The van der Waals surface area contributed by atoms with Crippen molar-refractivity contribution in [2.24, 2.45) is 11.8 Å². The van der Waals surface area contributed by atoms with Crippen molar-refractivity contribution in [2.75, 3.05) is 19.8 Å². The quantitative estimate of drug-likeness (QED) is 0.529. The van der Waals surface area contributed by atoms with Crippen LogP contribution in [0, 0.1) is 11.8 Å². The van der Waals surface area contributed by atoms with Crippen LogP contribution in [0.25, 0.3) is 0 Å². The molecule has 2 fully saturated rings. The molecular formula is C21H26N2O6. The van der Waals surface area contributed by atoms with Gasteiger partial charge in [-0.15, -0.1) is 0 Å². The van der Waals surface area contributed by atoms with Crippen LogP contribution in [-0.2, 0) is 35.1 Å². The first-order valence-corrected chi connectivity index (χ1v) is 9.91. The summed E-state index contributed by atoms with van der Waals surface area (Å²) in [5.41, 5.74) is -0.748. The summed E-state index contributed by atoms with van der Waals surface area (Å²) < 4.78 is 10.4. The van der Waals surface area contributed by atoms with Crippen LogP contribution in [0.4, 0.5) is 0 Å². The summed E-state index contributed by atoms with van der Waals surface area (Å²) in [4.78, 5) is 53.1. The fourth-order valence-corrected chi connectivity index (χ4v) is 4.41. The minimum atomic E-state index is -1.53. The van der Waals surface area contributed by atoms with Gasteiger partial charge in [-0.2, -0.15) is 0 Å².